The maximum absolute atomic E-state index is 11.8. The molecule has 0 heterocycles. The summed E-state index contributed by atoms with van der Waals surface area (Å²) in [6, 6.07) is 8.27. The van der Waals surface area contributed by atoms with Crippen molar-refractivity contribution in [1.29, 1.82) is 0 Å². The number of rotatable bonds is 4. The molecule has 1 nitrogen and oxygen atoms in total. The molecule has 2 rings (SSSR count). The Morgan fingerprint density at radius 3 is 2.31 bits per heavy atom. The topological polar surface area (TPSA) is 17.1 Å². The molecule has 0 radical (unpaired) electrons. The average Bonchev–Trinajstić information content (AvgIpc) is 2.15. The van der Waals surface area contributed by atoms with Crippen molar-refractivity contribution in [3.05, 3.63) is 35.4 Å². The summed E-state index contributed by atoms with van der Waals surface area (Å²) in [4.78, 5) is 11.8. The second kappa shape index (κ2) is 4.82. The fourth-order valence-corrected chi connectivity index (χ4v) is 2.17. The molecule has 0 aliphatic heterocycles. The predicted octanol–water partition coefficient (Wildman–Crippen LogP) is 4.18. The molecule has 1 heteroatoms. The molecule has 0 saturated heterocycles. The highest BCUT2D eigenvalue weighted by Crippen LogP contribution is 2.36. The Kier molecular flexibility index (Phi) is 3.42. The maximum atomic E-state index is 11.8. The molecule has 0 atom stereocenters. The zero-order valence-electron chi connectivity index (χ0n) is 10.2. The lowest BCUT2D eigenvalue weighted by molar-refractivity contribution is 0.0968. The van der Waals surface area contributed by atoms with Crippen LogP contribution in [0.2, 0.25) is 0 Å². The first-order valence-corrected chi connectivity index (χ1v) is 6.30. The molecule has 1 aliphatic rings. The van der Waals surface area contributed by atoms with E-state index in [-0.39, 0.29) is 5.78 Å². The van der Waals surface area contributed by atoms with Crippen LogP contribution in [0.15, 0.2) is 24.3 Å². The van der Waals surface area contributed by atoms with E-state index in [2.05, 4.69) is 26.0 Å². The van der Waals surface area contributed by atoms with Gasteiger partial charge < -0.3 is 0 Å². The van der Waals surface area contributed by atoms with Crippen LogP contribution in [0.1, 0.15) is 61.4 Å². The first-order chi connectivity index (χ1) is 7.66. The minimum Gasteiger partial charge on any atom is -0.294 e. The minimum absolute atomic E-state index is 0.273. The lowest BCUT2D eigenvalue weighted by Crippen LogP contribution is -2.09. The summed E-state index contributed by atoms with van der Waals surface area (Å²) in [5, 5.41) is 0. The van der Waals surface area contributed by atoms with Gasteiger partial charge in [0.05, 0.1) is 0 Å². The van der Waals surface area contributed by atoms with E-state index in [0.29, 0.717) is 12.3 Å². The largest absolute Gasteiger partial charge is 0.294 e. The molecule has 1 aliphatic carbocycles. The number of hydrogen-bond donors (Lipinski definition) is 0. The van der Waals surface area contributed by atoms with Gasteiger partial charge in [-0.2, -0.15) is 0 Å². The summed E-state index contributed by atoms with van der Waals surface area (Å²) in [6.45, 7) is 4.17. The summed E-state index contributed by atoms with van der Waals surface area (Å²) in [7, 11) is 0. The fraction of sp³-hybridized carbons (Fsp3) is 0.533. The Balaban J connectivity index is 2.03. The van der Waals surface area contributed by atoms with Crippen molar-refractivity contribution >= 4 is 5.78 Å². The van der Waals surface area contributed by atoms with Gasteiger partial charge in [0, 0.05) is 12.0 Å². The van der Waals surface area contributed by atoms with Gasteiger partial charge in [0.1, 0.15) is 0 Å². The molecule has 0 unspecified atom stereocenters. The van der Waals surface area contributed by atoms with Crippen molar-refractivity contribution in [2.45, 2.75) is 45.4 Å². The molecule has 1 saturated carbocycles. The molecule has 0 aromatic heterocycles. The molecule has 0 amide bonds. The van der Waals surface area contributed by atoms with Crippen LogP contribution in [0.3, 0.4) is 0 Å². The van der Waals surface area contributed by atoms with Gasteiger partial charge in [-0.3, -0.25) is 4.79 Å². The Labute approximate surface area is 97.9 Å². The van der Waals surface area contributed by atoms with Gasteiger partial charge in [0.2, 0.25) is 0 Å². The van der Waals surface area contributed by atoms with E-state index in [9.17, 15) is 4.79 Å². The van der Waals surface area contributed by atoms with Crippen molar-refractivity contribution in [1.82, 2.24) is 0 Å². The third-order valence-electron chi connectivity index (χ3n) is 3.40. The van der Waals surface area contributed by atoms with Gasteiger partial charge in [-0.15, -0.1) is 0 Å². The first kappa shape index (κ1) is 11.4. The number of carbonyl (C=O) groups is 1. The molecule has 16 heavy (non-hydrogen) atoms. The predicted molar refractivity (Wildman–Crippen MR) is 66.8 cm³/mol. The van der Waals surface area contributed by atoms with Crippen molar-refractivity contribution < 1.29 is 4.79 Å². The Bertz CT molecular complexity index is 358. The van der Waals surface area contributed by atoms with E-state index in [1.54, 1.807) is 0 Å². The molecule has 1 aromatic rings. The van der Waals surface area contributed by atoms with Crippen LogP contribution < -0.4 is 0 Å². The van der Waals surface area contributed by atoms with Crippen molar-refractivity contribution in [3.8, 4) is 0 Å². The summed E-state index contributed by atoms with van der Waals surface area (Å²) < 4.78 is 0. The van der Waals surface area contributed by atoms with Crippen molar-refractivity contribution in [3.63, 3.8) is 0 Å². The molecular formula is C15H20O. The van der Waals surface area contributed by atoms with Gasteiger partial charge in [0.25, 0.3) is 0 Å². The number of Topliss-reactive ketones (excluding diaryl/α,β-unsaturated/α-hetero) is 1. The van der Waals surface area contributed by atoms with Crippen molar-refractivity contribution in [2.24, 2.45) is 5.92 Å². The average molecular weight is 216 g/mol. The lowest BCUT2D eigenvalue weighted by atomic mass is 9.80. The number of benzene rings is 1. The Hall–Kier alpha value is -1.11. The van der Waals surface area contributed by atoms with Crippen LogP contribution in [-0.2, 0) is 0 Å². The fourth-order valence-electron chi connectivity index (χ4n) is 2.17. The van der Waals surface area contributed by atoms with Gasteiger partial charge >= 0.3 is 0 Å². The molecule has 0 N–H and O–H groups in total. The van der Waals surface area contributed by atoms with Crippen LogP contribution in [-0.4, -0.2) is 5.78 Å². The Morgan fingerprint density at radius 1 is 1.25 bits per heavy atom. The van der Waals surface area contributed by atoms with Crippen LogP contribution in [0.4, 0.5) is 0 Å². The SMILES string of the molecule is CC(C)CC(=O)c1ccc(C2CCC2)cc1. The summed E-state index contributed by atoms with van der Waals surface area (Å²) in [5.74, 6) is 1.48. The van der Waals surface area contributed by atoms with Crippen LogP contribution >= 0.6 is 0 Å². The normalized spacial score (nSPS) is 16.2. The third-order valence-corrected chi connectivity index (χ3v) is 3.40. The van der Waals surface area contributed by atoms with Crippen LogP contribution in [0.5, 0.6) is 0 Å². The second-order valence-electron chi connectivity index (χ2n) is 5.27. The molecule has 1 aromatic carbocycles. The monoisotopic (exact) mass is 216 g/mol. The van der Waals surface area contributed by atoms with E-state index < -0.39 is 0 Å². The maximum Gasteiger partial charge on any atom is 0.163 e. The van der Waals surface area contributed by atoms with Gasteiger partial charge in [0.15, 0.2) is 5.78 Å². The quantitative estimate of drug-likeness (QED) is 0.690. The second-order valence-corrected chi connectivity index (χ2v) is 5.27. The minimum atomic E-state index is 0.273. The van der Waals surface area contributed by atoms with E-state index in [1.807, 2.05) is 12.1 Å². The molecule has 0 spiro atoms. The molecule has 86 valence electrons. The number of ketones is 1. The summed E-state index contributed by atoms with van der Waals surface area (Å²) in [5.41, 5.74) is 2.28. The van der Waals surface area contributed by atoms with Gasteiger partial charge in [-0.25, -0.2) is 0 Å². The molecule has 1 fully saturated rings. The highest BCUT2D eigenvalue weighted by Gasteiger charge is 2.19. The summed E-state index contributed by atoms with van der Waals surface area (Å²) in [6.07, 6.45) is 4.65. The zero-order chi connectivity index (χ0) is 11.5. The highest BCUT2D eigenvalue weighted by atomic mass is 16.1. The smallest absolute Gasteiger partial charge is 0.163 e. The standard InChI is InChI=1S/C15H20O/c1-11(2)10-15(16)14-8-6-13(7-9-14)12-4-3-5-12/h6-9,11-12H,3-5,10H2,1-2H3. The van der Waals surface area contributed by atoms with E-state index >= 15 is 0 Å². The van der Waals surface area contributed by atoms with Crippen molar-refractivity contribution in [2.75, 3.05) is 0 Å². The zero-order valence-corrected chi connectivity index (χ0v) is 10.2. The lowest BCUT2D eigenvalue weighted by Gasteiger charge is -2.25. The first-order valence-electron chi connectivity index (χ1n) is 6.30. The number of hydrogen-bond acceptors (Lipinski definition) is 1. The number of carbonyl (C=O) groups excluding carboxylic acids is 1. The highest BCUT2D eigenvalue weighted by molar-refractivity contribution is 5.96. The van der Waals surface area contributed by atoms with E-state index in [4.69, 9.17) is 0 Å². The molecular weight excluding hydrogens is 196 g/mol. The van der Waals surface area contributed by atoms with Crippen LogP contribution in [0.25, 0.3) is 0 Å². The van der Waals surface area contributed by atoms with Gasteiger partial charge in [-0.1, -0.05) is 44.5 Å². The van der Waals surface area contributed by atoms with E-state index in [0.717, 1.165) is 11.5 Å². The van der Waals surface area contributed by atoms with Crippen LogP contribution in [0, 0.1) is 5.92 Å². The molecule has 0 bridgehead atoms. The summed E-state index contributed by atoms with van der Waals surface area (Å²) >= 11 is 0. The third kappa shape index (κ3) is 2.52. The Morgan fingerprint density at radius 2 is 1.88 bits per heavy atom. The van der Waals surface area contributed by atoms with E-state index in [1.165, 1.54) is 24.8 Å². The van der Waals surface area contributed by atoms with Gasteiger partial charge in [-0.05, 0) is 30.2 Å².